The summed E-state index contributed by atoms with van der Waals surface area (Å²) in [4.78, 5) is 49.6. The number of aliphatic carboxylic acids is 1. The molecule has 0 unspecified atom stereocenters. The van der Waals surface area contributed by atoms with Crippen LogP contribution >= 0.6 is 0 Å². The first-order chi connectivity index (χ1) is 15.0. The number of carbonyl (C=O) groups excluding carboxylic acids is 3. The predicted octanol–water partition coefficient (Wildman–Crippen LogP) is -0.934. The molecule has 0 fully saturated rings. The molecular weight excluding hydrogens is 418 g/mol. The third-order valence-electron chi connectivity index (χ3n) is 5.68. The molecule has 0 heterocycles. The molecule has 0 aromatic carbocycles. The summed E-state index contributed by atoms with van der Waals surface area (Å²) in [7, 11) is 0. The lowest BCUT2D eigenvalue weighted by Crippen LogP contribution is -2.59. The first kappa shape index (κ1) is 29.8. The Morgan fingerprint density at radius 1 is 0.844 bits per heavy atom. The van der Waals surface area contributed by atoms with E-state index in [4.69, 9.17) is 16.6 Å². The molecule has 3 amide bonds. The van der Waals surface area contributed by atoms with Gasteiger partial charge in [-0.1, -0.05) is 40.5 Å². The fraction of sp³-hybridized carbons (Fsp3) is 0.810. The topological polar surface area (TPSA) is 197 Å². The Bertz CT molecular complexity index is 617. The van der Waals surface area contributed by atoms with Crippen LogP contribution in [-0.4, -0.2) is 71.2 Å². The van der Waals surface area contributed by atoms with E-state index in [9.17, 15) is 24.3 Å². The van der Waals surface area contributed by atoms with Crippen LogP contribution < -0.4 is 27.4 Å². The van der Waals surface area contributed by atoms with Gasteiger partial charge >= 0.3 is 5.97 Å². The molecule has 0 aliphatic rings. The van der Waals surface area contributed by atoms with Gasteiger partial charge in [0.2, 0.25) is 17.7 Å². The quantitative estimate of drug-likeness (QED) is 0.144. The maximum Gasteiger partial charge on any atom is 0.326 e. The summed E-state index contributed by atoms with van der Waals surface area (Å²) in [5.74, 6) is -3.60. The highest BCUT2D eigenvalue weighted by atomic mass is 16.4. The van der Waals surface area contributed by atoms with Crippen LogP contribution in [-0.2, 0) is 19.2 Å². The van der Waals surface area contributed by atoms with E-state index in [1.165, 1.54) is 0 Å². The summed E-state index contributed by atoms with van der Waals surface area (Å²) in [6.45, 7) is 7.01. The first-order valence-electron chi connectivity index (χ1n) is 11.2. The molecule has 0 saturated carbocycles. The fourth-order valence-corrected chi connectivity index (χ4v) is 3.01. The SMILES string of the molecule is CC[C@H](C)[C@H](NC(=O)[C@@H](NC(=O)[C@H](CCCCN)NC(=O)[C@@H](N)CO)[C@@H](C)CC)C(=O)O. The van der Waals surface area contributed by atoms with E-state index in [-0.39, 0.29) is 18.3 Å². The van der Waals surface area contributed by atoms with Gasteiger partial charge in [0, 0.05) is 0 Å². The van der Waals surface area contributed by atoms with Gasteiger partial charge in [0.1, 0.15) is 24.2 Å². The monoisotopic (exact) mass is 459 g/mol. The van der Waals surface area contributed by atoms with Crippen molar-refractivity contribution in [1.82, 2.24) is 16.0 Å². The second kappa shape index (κ2) is 15.5. The average Bonchev–Trinajstić information content (AvgIpc) is 2.77. The van der Waals surface area contributed by atoms with Gasteiger partial charge in [-0.05, 0) is 37.6 Å². The number of hydrogen-bond donors (Lipinski definition) is 7. The number of amides is 3. The number of rotatable bonds is 16. The summed E-state index contributed by atoms with van der Waals surface area (Å²) in [6, 6.07) is -4.23. The van der Waals surface area contributed by atoms with Crippen LogP contribution in [0.2, 0.25) is 0 Å². The number of carbonyl (C=O) groups is 4. The molecule has 11 nitrogen and oxygen atoms in total. The van der Waals surface area contributed by atoms with Gasteiger partial charge in [-0.2, -0.15) is 0 Å². The molecular formula is C21H41N5O6. The molecule has 186 valence electrons. The van der Waals surface area contributed by atoms with Crippen LogP contribution in [0, 0.1) is 11.8 Å². The third kappa shape index (κ3) is 9.92. The van der Waals surface area contributed by atoms with Gasteiger partial charge in [-0.3, -0.25) is 14.4 Å². The van der Waals surface area contributed by atoms with E-state index in [2.05, 4.69) is 16.0 Å². The number of carboxylic acid groups (broad SMARTS) is 1. The van der Waals surface area contributed by atoms with E-state index in [1.54, 1.807) is 13.8 Å². The highest BCUT2D eigenvalue weighted by Gasteiger charge is 2.33. The minimum Gasteiger partial charge on any atom is -0.480 e. The Balaban J connectivity index is 5.54. The molecule has 0 saturated heterocycles. The van der Waals surface area contributed by atoms with Crippen LogP contribution in [0.5, 0.6) is 0 Å². The molecule has 0 spiro atoms. The van der Waals surface area contributed by atoms with Gasteiger partial charge in [0.25, 0.3) is 0 Å². The van der Waals surface area contributed by atoms with Crippen molar-refractivity contribution >= 4 is 23.7 Å². The molecule has 6 atom stereocenters. The number of unbranched alkanes of at least 4 members (excludes halogenated alkanes) is 1. The van der Waals surface area contributed by atoms with Crippen molar-refractivity contribution in [1.29, 1.82) is 0 Å². The number of aliphatic hydroxyl groups is 1. The van der Waals surface area contributed by atoms with Gasteiger partial charge in [-0.15, -0.1) is 0 Å². The molecule has 0 aromatic heterocycles. The third-order valence-corrected chi connectivity index (χ3v) is 5.68. The molecule has 0 aliphatic carbocycles. The van der Waals surface area contributed by atoms with Crippen molar-refractivity contribution in [2.75, 3.05) is 13.2 Å². The van der Waals surface area contributed by atoms with Crippen LogP contribution in [0.25, 0.3) is 0 Å². The zero-order valence-corrected chi connectivity index (χ0v) is 19.6. The number of aliphatic hydroxyl groups excluding tert-OH is 1. The van der Waals surface area contributed by atoms with E-state index in [0.29, 0.717) is 32.2 Å². The molecule has 0 bridgehead atoms. The fourth-order valence-electron chi connectivity index (χ4n) is 3.01. The van der Waals surface area contributed by atoms with E-state index < -0.39 is 54.5 Å². The number of nitrogens with two attached hydrogens (primary N) is 2. The Labute approximate surface area is 190 Å². The maximum atomic E-state index is 13.0. The summed E-state index contributed by atoms with van der Waals surface area (Å²) >= 11 is 0. The highest BCUT2D eigenvalue weighted by Crippen LogP contribution is 2.13. The normalized spacial score (nSPS) is 16.7. The smallest absolute Gasteiger partial charge is 0.326 e. The molecule has 9 N–H and O–H groups in total. The molecule has 0 aromatic rings. The Kier molecular flexibility index (Phi) is 14.5. The summed E-state index contributed by atoms with van der Waals surface area (Å²) in [6.07, 6.45) is 2.57. The summed E-state index contributed by atoms with van der Waals surface area (Å²) in [5.41, 5.74) is 11.0. The maximum absolute atomic E-state index is 13.0. The Morgan fingerprint density at radius 3 is 1.84 bits per heavy atom. The second-order valence-electron chi connectivity index (χ2n) is 8.22. The highest BCUT2D eigenvalue weighted by molar-refractivity contribution is 5.94. The zero-order chi connectivity index (χ0) is 24.8. The van der Waals surface area contributed by atoms with Crippen molar-refractivity contribution in [3.05, 3.63) is 0 Å². The summed E-state index contributed by atoms with van der Waals surface area (Å²) in [5, 5.41) is 26.3. The van der Waals surface area contributed by atoms with E-state index >= 15 is 0 Å². The van der Waals surface area contributed by atoms with Crippen molar-refractivity contribution in [2.24, 2.45) is 23.3 Å². The van der Waals surface area contributed by atoms with Gasteiger partial charge < -0.3 is 37.6 Å². The minimum atomic E-state index is -1.18. The van der Waals surface area contributed by atoms with Crippen LogP contribution in [0.4, 0.5) is 0 Å². The summed E-state index contributed by atoms with van der Waals surface area (Å²) < 4.78 is 0. The van der Waals surface area contributed by atoms with Crippen molar-refractivity contribution < 1.29 is 29.4 Å². The number of nitrogens with one attached hydrogen (secondary N) is 3. The average molecular weight is 460 g/mol. The van der Waals surface area contributed by atoms with Crippen LogP contribution in [0.1, 0.15) is 59.8 Å². The van der Waals surface area contributed by atoms with Crippen LogP contribution in [0.15, 0.2) is 0 Å². The predicted molar refractivity (Wildman–Crippen MR) is 120 cm³/mol. The van der Waals surface area contributed by atoms with Gasteiger partial charge in [0.05, 0.1) is 6.61 Å². The molecule has 0 rings (SSSR count). The van der Waals surface area contributed by atoms with Crippen molar-refractivity contribution in [2.45, 2.75) is 84.0 Å². The number of carboxylic acids is 1. The first-order valence-corrected chi connectivity index (χ1v) is 11.2. The van der Waals surface area contributed by atoms with Crippen molar-refractivity contribution in [3.63, 3.8) is 0 Å². The number of hydrogen-bond acceptors (Lipinski definition) is 7. The Morgan fingerprint density at radius 2 is 1.38 bits per heavy atom. The lowest BCUT2D eigenvalue weighted by Gasteiger charge is -2.29. The van der Waals surface area contributed by atoms with Gasteiger partial charge in [-0.25, -0.2) is 4.79 Å². The Hall–Kier alpha value is -2.24. The van der Waals surface area contributed by atoms with Crippen molar-refractivity contribution in [3.8, 4) is 0 Å². The van der Waals surface area contributed by atoms with E-state index in [0.717, 1.165) is 0 Å². The molecule has 11 heteroatoms. The standard InChI is InChI=1S/C21H41N5O6/c1-5-12(3)16(20(30)26-17(21(31)32)13(4)6-2)25-19(29)15(9-7-8-10-22)24-18(28)14(23)11-27/h12-17,27H,5-11,22-23H2,1-4H3,(H,24,28)(H,25,29)(H,26,30)(H,31,32)/t12-,13-,14-,15-,16-,17-/m0/s1. The lowest BCUT2D eigenvalue weighted by molar-refractivity contribution is -0.144. The largest absolute Gasteiger partial charge is 0.480 e. The lowest BCUT2D eigenvalue weighted by atomic mass is 9.95. The van der Waals surface area contributed by atoms with E-state index in [1.807, 2.05) is 13.8 Å². The molecule has 0 aliphatic heterocycles. The van der Waals surface area contributed by atoms with Crippen LogP contribution in [0.3, 0.4) is 0 Å². The molecule has 0 radical (unpaired) electrons. The minimum absolute atomic E-state index is 0.270. The molecule has 32 heavy (non-hydrogen) atoms. The zero-order valence-electron chi connectivity index (χ0n) is 19.6. The van der Waals surface area contributed by atoms with Gasteiger partial charge in [0.15, 0.2) is 0 Å². The second-order valence-corrected chi connectivity index (χ2v) is 8.22.